The molecule has 2 nitrogen and oxygen atoms in total. The number of benzene rings is 1. The Hall–Kier alpha value is -0.860. The molecular weight excluding hydrogens is 220 g/mol. The first-order valence-corrected chi connectivity index (χ1v) is 7.25. The molecule has 0 amide bonds. The molecule has 1 heterocycles. The van der Waals surface area contributed by atoms with Gasteiger partial charge >= 0.3 is 0 Å². The van der Waals surface area contributed by atoms with Gasteiger partial charge in [0.05, 0.1) is 0 Å². The van der Waals surface area contributed by atoms with Crippen molar-refractivity contribution < 1.29 is 0 Å². The van der Waals surface area contributed by atoms with Crippen molar-refractivity contribution in [1.29, 1.82) is 0 Å². The van der Waals surface area contributed by atoms with E-state index in [-0.39, 0.29) is 0 Å². The third-order valence-electron chi connectivity index (χ3n) is 3.51. The van der Waals surface area contributed by atoms with E-state index >= 15 is 0 Å². The van der Waals surface area contributed by atoms with Gasteiger partial charge in [-0.15, -0.1) is 0 Å². The van der Waals surface area contributed by atoms with Gasteiger partial charge < -0.3 is 5.32 Å². The summed E-state index contributed by atoms with van der Waals surface area (Å²) in [7, 11) is 0. The van der Waals surface area contributed by atoms with Gasteiger partial charge in [0.2, 0.25) is 0 Å². The molecule has 1 N–H and O–H groups in total. The first-order chi connectivity index (χ1) is 8.74. The predicted octanol–water partition coefficient (Wildman–Crippen LogP) is 2.68. The van der Waals surface area contributed by atoms with Crippen molar-refractivity contribution in [2.45, 2.75) is 33.2 Å². The minimum absolute atomic E-state index is 0.743. The van der Waals surface area contributed by atoms with E-state index in [0.29, 0.717) is 0 Å². The fourth-order valence-electron chi connectivity index (χ4n) is 2.57. The molecule has 2 rings (SSSR count). The summed E-state index contributed by atoms with van der Waals surface area (Å²) in [6.45, 7) is 10.4. The summed E-state index contributed by atoms with van der Waals surface area (Å²) in [5.74, 6) is 0.743. The van der Waals surface area contributed by atoms with Crippen LogP contribution >= 0.6 is 0 Å². The van der Waals surface area contributed by atoms with Gasteiger partial charge in [-0.3, -0.25) is 4.90 Å². The minimum Gasteiger partial charge on any atom is -0.315 e. The van der Waals surface area contributed by atoms with Crippen molar-refractivity contribution in [3.05, 3.63) is 35.4 Å². The average molecular weight is 246 g/mol. The molecule has 0 aliphatic carbocycles. The standard InChI is InChI=1S/C16H26N2/c1-14(2)12-15-4-6-16(7-5-15)13-18-10-3-8-17-9-11-18/h4-7,14,17H,3,8-13H2,1-2H3. The number of nitrogens with one attached hydrogen (secondary N) is 1. The average Bonchev–Trinajstić information content (AvgIpc) is 2.60. The summed E-state index contributed by atoms with van der Waals surface area (Å²) in [4.78, 5) is 2.55. The number of rotatable bonds is 4. The maximum Gasteiger partial charge on any atom is 0.0234 e. The summed E-state index contributed by atoms with van der Waals surface area (Å²) in [5, 5.41) is 3.45. The van der Waals surface area contributed by atoms with Crippen LogP contribution in [0.2, 0.25) is 0 Å². The highest BCUT2D eigenvalue weighted by atomic mass is 15.1. The van der Waals surface area contributed by atoms with Crippen LogP contribution in [0.4, 0.5) is 0 Å². The fraction of sp³-hybridized carbons (Fsp3) is 0.625. The normalized spacial score (nSPS) is 17.9. The SMILES string of the molecule is CC(C)Cc1ccc(CN2CCCNCC2)cc1. The molecule has 1 aliphatic rings. The molecule has 0 bridgehead atoms. The fourth-order valence-corrected chi connectivity index (χ4v) is 2.57. The van der Waals surface area contributed by atoms with Crippen LogP contribution < -0.4 is 5.32 Å². The lowest BCUT2D eigenvalue weighted by Gasteiger charge is -2.19. The Morgan fingerprint density at radius 1 is 1.06 bits per heavy atom. The zero-order valence-corrected chi connectivity index (χ0v) is 11.8. The van der Waals surface area contributed by atoms with Crippen molar-refractivity contribution in [2.24, 2.45) is 5.92 Å². The molecule has 0 radical (unpaired) electrons. The molecule has 1 fully saturated rings. The Bertz CT molecular complexity index is 335. The second-order valence-electron chi connectivity index (χ2n) is 5.79. The van der Waals surface area contributed by atoms with Gasteiger partial charge in [0.1, 0.15) is 0 Å². The maximum absolute atomic E-state index is 3.45. The lowest BCUT2D eigenvalue weighted by Crippen LogP contribution is -2.27. The molecule has 0 atom stereocenters. The first-order valence-electron chi connectivity index (χ1n) is 7.25. The van der Waals surface area contributed by atoms with E-state index < -0.39 is 0 Å². The summed E-state index contributed by atoms with van der Waals surface area (Å²) in [5.41, 5.74) is 2.91. The maximum atomic E-state index is 3.45. The second kappa shape index (κ2) is 6.91. The summed E-state index contributed by atoms with van der Waals surface area (Å²) >= 11 is 0. The summed E-state index contributed by atoms with van der Waals surface area (Å²) < 4.78 is 0. The van der Waals surface area contributed by atoms with Crippen LogP contribution in [-0.2, 0) is 13.0 Å². The monoisotopic (exact) mass is 246 g/mol. The van der Waals surface area contributed by atoms with Gasteiger partial charge in [-0.2, -0.15) is 0 Å². The zero-order valence-electron chi connectivity index (χ0n) is 11.8. The van der Waals surface area contributed by atoms with E-state index in [1.54, 1.807) is 0 Å². The molecule has 0 unspecified atom stereocenters. The highest BCUT2D eigenvalue weighted by Crippen LogP contribution is 2.12. The second-order valence-corrected chi connectivity index (χ2v) is 5.79. The van der Waals surface area contributed by atoms with Crippen molar-refractivity contribution in [3.63, 3.8) is 0 Å². The lowest BCUT2D eigenvalue weighted by molar-refractivity contribution is 0.284. The Labute approximate surface area is 111 Å². The van der Waals surface area contributed by atoms with E-state index in [0.717, 1.165) is 19.0 Å². The first kappa shape index (κ1) is 13.6. The molecule has 0 saturated carbocycles. The molecule has 1 aromatic rings. The van der Waals surface area contributed by atoms with E-state index in [1.165, 1.54) is 43.6 Å². The molecular formula is C16H26N2. The van der Waals surface area contributed by atoms with Gasteiger partial charge in [-0.25, -0.2) is 0 Å². The van der Waals surface area contributed by atoms with Crippen LogP contribution in [0.5, 0.6) is 0 Å². The third kappa shape index (κ3) is 4.43. The van der Waals surface area contributed by atoms with E-state index in [2.05, 4.69) is 48.3 Å². The van der Waals surface area contributed by atoms with Crippen molar-refractivity contribution in [2.75, 3.05) is 26.2 Å². The molecule has 18 heavy (non-hydrogen) atoms. The quantitative estimate of drug-likeness (QED) is 0.878. The van der Waals surface area contributed by atoms with Gasteiger partial charge in [0.15, 0.2) is 0 Å². The Balaban J connectivity index is 1.88. The molecule has 0 spiro atoms. The van der Waals surface area contributed by atoms with Gasteiger partial charge in [-0.05, 0) is 43.0 Å². The van der Waals surface area contributed by atoms with Gasteiger partial charge in [-0.1, -0.05) is 38.1 Å². The molecule has 1 saturated heterocycles. The van der Waals surface area contributed by atoms with Crippen molar-refractivity contribution in [3.8, 4) is 0 Å². The number of hydrogen-bond donors (Lipinski definition) is 1. The van der Waals surface area contributed by atoms with Crippen LogP contribution in [0.3, 0.4) is 0 Å². The number of hydrogen-bond acceptors (Lipinski definition) is 2. The molecule has 1 aromatic carbocycles. The van der Waals surface area contributed by atoms with Crippen LogP contribution in [0.25, 0.3) is 0 Å². The Morgan fingerprint density at radius 3 is 2.50 bits per heavy atom. The van der Waals surface area contributed by atoms with Crippen molar-refractivity contribution >= 4 is 0 Å². The van der Waals surface area contributed by atoms with Crippen LogP contribution in [0.1, 0.15) is 31.4 Å². The zero-order chi connectivity index (χ0) is 12.8. The third-order valence-corrected chi connectivity index (χ3v) is 3.51. The number of nitrogens with zero attached hydrogens (tertiary/aromatic N) is 1. The van der Waals surface area contributed by atoms with Gasteiger partial charge in [0.25, 0.3) is 0 Å². The van der Waals surface area contributed by atoms with E-state index in [4.69, 9.17) is 0 Å². The van der Waals surface area contributed by atoms with Gasteiger partial charge in [0, 0.05) is 19.6 Å². The van der Waals surface area contributed by atoms with Crippen LogP contribution in [0.15, 0.2) is 24.3 Å². The Morgan fingerprint density at radius 2 is 1.78 bits per heavy atom. The molecule has 2 heteroatoms. The topological polar surface area (TPSA) is 15.3 Å². The summed E-state index contributed by atoms with van der Waals surface area (Å²) in [6, 6.07) is 9.20. The lowest BCUT2D eigenvalue weighted by atomic mass is 10.0. The largest absolute Gasteiger partial charge is 0.315 e. The van der Waals surface area contributed by atoms with E-state index in [1.807, 2.05) is 0 Å². The Kier molecular flexibility index (Phi) is 5.21. The van der Waals surface area contributed by atoms with Crippen LogP contribution in [-0.4, -0.2) is 31.1 Å². The highest BCUT2D eigenvalue weighted by Gasteiger charge is 2.08. The van der Waals surface area contributed by atoms with E-state index in [9.17, 15) is 0 Å². The smallest absolute Gasteiger partial charge is 0.0234 e. The highest BCUT2D eigenvalue weighted by molar-refractivity contribution is 5.22. The molecule has 0 aromatic heterocycles. The molecule has 1 aliphatic heterocycles. The predicted molar refractivity (Wildman–Crippen MR) is 77.7 cm³/mol. The molecule has 100 valence electrons. The minimum atomic E-state index is 0.743. The van der Waals surface area contributed by atoms with Crippen molar-refractivity contribution in [1.82, 2.24) is 10.2 Å². The van der Waals surface area contributed by atoms with Crippen LogP contribution in [0, 0.1) is 5.92 Å². The summed E-state index contributed by atoms with van der Waals surface area (Å²) in [6.07, 6.45) is 2.46.